The van der Waals surface area contributed by atoms with Crippen LogP contribution >= 0.6 is 11.8 Å². The first-order valence-electron chi connectivity index (χ1n) is 9.31. The molecule has 1 aliphatic heterocycles. The Bertz CT molecular complexity index is 989. The van der Waals surface area contributed by atoms with Crippen LogP contribution in [0.15, 0.2) is 59.8 Å². The highest BCUT2D eigenvalue weighted by Gasteiger charge is 2.34. The van der Waals surface area contributed by atoms with Gasteiger partial charge in [-0.15, -0.1) is 5.10 Å². The molecule has 0 spiro atoms. The molecule has 3 aromatic rings. The number of amides is 1. The van der Waals surface area contributed by atoms with Crippen molar-refractivity contribution in [3.05, 3.63) is 60.2 Å². The van der Waals surface area contributed by atoms with Gasteiger partial charge in [0.25, 0.3) is 0 Å². The predicted molar refractivity (Wildman–Crippen MR) is 105 cm³/mol. The summed E-state index contributed by atoms with van der Waals surface area (Å²) in [4.78, 5) is 15.2. The number of rotatable bonds is 5. The third kappa shape index (κ3) is 3.24. The van der Waals surface area contributed by atoms with Crippen LogP contribution in [-0.2, 0) is 4.79 Å². The van der Waals surface area contributed by atoms with Crippen LogP contribution < -0.4 is 9.64 Å². The van der Waals surface area contributed by atoms with Gasteiger partial charge in [0.05, 0.1) is 23.5 Å². The fourth-order valence-corrected chi connectivity index (χ4v) is 4.25. The van der Waals surface area contributed by atoms with Crippen LogP contribution in [0.5, 0.6) is 5.75 Å². The smallest absolute Gasteiger partial charge is 0.238 e. The number of thioether (sulfide) groups is 1. The second-order valence-electron chi connectivity index (χ2n) is 6.89. The average Bonchev–Trinajstić information content (AvgIpc) is 3.49. The van der Waals surface area contributed by atoms with E-state index >= 15 is 0 Å². The molecular weight excluding hydrogens is 374 g/mol. The second kappa shape index (κ2) is 7.27. The molecule has 1 saturated carbocycles. The number of tetrazole rings is 1. The van der Waals surface area contributed by atoms with E-state index in [1.807, 2.05) is 64.2 Å². The summed E-state index contributed by atoms with van der Waals surface area (Å²) < 4.78 is 7.78. The molecule has 1 aromatic heterocycles. The average molecular weight is 393 g/mol. The number of hydrogen-bond donors (Lipinski definition) is 0. The van der Waals surface area contributed by atoms with Crippen molar-refractivity contribution in [3.8, 4) is 5.75 Å². The van der Waals surface area contributed by atoms with Gasteiger partial charge < -0.3 is 4.74 Å². The maximum atomic E-state index is 13.3. The topological polar surface area (TPSA) is 73.1 Å². The summed E-state index contributed by atoms with van der Waals surface area (Å²) in [6.07, 6.45) is 2.19. The number of carbonyl (C=O) groups excluding carboxylic acids is 1. The zero-order valence-electron chi connectivity index (χ0n) is 15.1. The van der Waals surface area contributed by atoms with E-state index in [1.165, 1.54) is 11.8 Å². The lowest BCUT2D eigenvalue weighted by molar-refractivity contribution is -0.117. The van der Waals surface area contributed by atoms with E-state index in [1.54, 1.807) is 0 Å². The Morgan fingerprint density at radius 1 is 1.11 bits per heavy atom. The van der Waals surface area contributed by atoms with Gasteiger partial charge in [0.1, 0.15) is 12.4 Å². The Morgan fingerprint density at radius 3 is 2.71 bits per heavy atom. The molecule has 0 unspecified atom stereocenters. The van der Waals surface area contributed by atoms with Gasteiger partial charge in [-0.1, -0.05) is 54.2 Å². The zero-order valence-corrected chi connectivity index (χ0v) is 16.0. The lowest BCUT2D eigenvalue weighted by Crippen LogP contribution is -2.42. The lowest BCUT2D eigenvalue weighted by Gasteiger charge is -2.37. The van der Waals surface area contributed by atoms with E-state index in [9.17, 15) is 4.79 Å². The molecule has 7 nitrogen and oxygen atoms in total. The first kappa shape index (κ1) is 17.2. The van der Waals surface area contributed by atoms with Gasteiger partial charge >= 0.3 is 0 Å². The van der Waals surface area contributed by atoms with Crippen molar-refractivity contribution in [2.45, 2.75) is 30.1 Å². The number of ether oxygens (including phenoxy) is 1. The monoisotopic (exact) mass is 393 g/mol. The maximum absolute atomic E-state index is 13.3. The molecule has 2 aliphatic rings. The SMILES string of the molecule is O=C(CSc1nnnn1C1CC1)N1c2ccccc2OC[C@H]1c1ccccc1. The first-order chi connectivity index (χ1) is 13.8. The molecule has 0 N–H and O–H groups in total. The van der Waals surface area contributed by atoms with Crippen molar-refractivity contribution in [3.63, 3.8) is 0 Å². The lowest BCUT2D eigenvalue weighted by atomic mass is 10.0. The third-order valence-electron chi connectivity index (χ3n) is 4.97. The number of hydrogen-bond acceptors (Lipinski definition) is 6. The molecule has 2 aromatic carbocycles. The Morgan fingerprint density at radius 2 is 1.89 bits per heavy atom. The van der Waals surface area contributed by atoms with Gasteiger partial charge in [0, 0.05) is 0 Å². The second-order valence-corrected chi connectivity index (χ2v) is 7.84. The third-order valence-corrected chi connectivity index (χ3v) is 5.88. The van der Waals surface area contributed by atoms with Crippen molar-refractivity contribution in [1.82, 2.24) is 20.2 Å². The Kier molecular flexibility index (Phi) is 4.48. The highest BCUT2D eigenvalue weighted by Crippen LogP contribution is 2.40. The number of benzene rings is 2. The van der Waals surface area contributed by atoms with Crippen molar-refractivity contribution >= 4 is 23.4 Å². The minimum Gasteiger partial charge on any atom is -0.489 e. The summed E-state index contributed by atoms with van der Waals surface area (Å²) in [5.41, 5.74) is 1.85. The van der Waals surface area contributed by atoms with Crippen LogP contribution in [0.1, 0.15) is 30.5 Å². The van der Waals surface area contributed by atoms with E-state index < -0.39 is 0 Å². The summed E-state index contributed by atoms with van der Waals surface area (Å²) in [5, 5.41) is 12.6. The van der Waals surface area contributed by atoms with Crippen LogP contribution in [0, 0.1) is 0 Å². The first-order valence-corrected chi connectivity index (χ1v) is 10.3. The van der Waals surface area contributed by atoms with Crippen LogP contribution in [0.4, 0.5) is 5.69 Å². The van der Waals surface area contributed by atoms with Gasteiger partial charge in [-0.25, -0.2) is 4.68 Å². The molecule has 28 heavy (non-hydrogen) atoms. The van der Waals surface area contributed by atoms with Crippen molar-refractivity contribution in [2.75, 3.05) is 17.3 Å². The van der Waals surface area contributed by atoms with Crippen molar-refractivity contribution < 1.29 is 9.53 Å². The fraction of sp³-hybridized carbons (Fsp3) is 0.300. The molecule has 1 fully saturated rings. The molecule has 0 bridgehead atoms. The standard InChI is InChI=1S/C20H19N5O2S/c26-19(13-28-20-21-22-23-25(20)15-10-11-15)24-16-8-4-5-9-18(16)27-12-17(24)14-6-2-1-3-7-14/h1-9,15,17H,10-13H2/t17-/m0/s1. The van der Waals surface area contributed by atoms with E-state index in [2.05, 4.69) is 15.5 Å². The molecule has 2 heterocycles. The molecule has 1 amide bonds. The summed E-state index contributed by atoms with van der Waals surface area (Å²) in [5.74, 6) is 1.01. The summed E-state index contributed by atoms with van der Waals surface area (Å²) in [6.45, 7) is 0.428. The maximum Gasteiger partial charge on any atom is 0.238 e. The van der Waals surface area contributed by atoms with Gasteiger partial charge in [-0.05, 0) is 41.0 Å². The Balaban J connectivity index is 1.42. The molecular formula is C20H19N5O2S. The normalized spacial score (nSPS) is 18.4. The van der Waals surface area contributed by atoms with Gasteiger partial charge in [0.2, 0.25) is 11.1 Å². The van der Waals surface area contributed by atoms with E-state index in [-0.39, 0.29) is 17.7 Å². The molecule has 0 saturated heterocycles. The predicted octanol–water partition coefficient (Wildman–Crippen LogP) is 3.27. The summed E-state index contributed by atoms with van der Waals surface area (Å²) in [6, 6.07) is 17.9. The molecule has 0 radical (unpaired) electrons. The van der Waals surface area contributed by atoms with Gasteiger partial charge in [0.15, 0.2) is 0 Å². The molecule has 5 rings (SSSR count). The molecule has 142 valence electrons. The van der Waals surface area contributed by atoms with Crippen molar-refractivity contribution in [2.24, 2.45) is 0 Å². The highest BCUT2D eigenvalue weighted by molar-refractivity contribution is 7.99. The van der Waals surface area contributed by atoms with E-state index in [0.29, 0.717) is 17.8 Å². The largest absolute Gasteiger partial charge is 0.489 e. The Labute approximate surface area is 166 Å². The number of nitrogens with zero attached hydrogens (tertiary/aromatic N) is 5. The van der Waals surface area contributed by atoms with Crippen LogP contribution in [0.25, 0.3) is 0 Å². The number of anilines is 1. The van der Waals surface area contributed by atoms with Crippen LogP contribution in [0.2, 0.25) is 0 Å². The number of fused-ring (bicyclic) bond motifs is 1. The van der Waals surface area contributed by atoms with E-state index in [0.717, 1.165) is 29.8 Å². The van der Waals surface area contributed by atoms with Gasteiger partial charge in [-0.2, -0.15) is 0 Å². The quantitative estimate of drug-likeness (QED) is 0.620. The van der Waals surface area contributed by atoms with Crippen LogP contribution in [0.3, 0.4) is 0 Å². The zero-order chi connectivity index (χ0) is 18.9. The molecule has 8 heteroatoms. The number of aromatic nitrogens is 4. The Hall–Kier alpha value is -2.87. The van der Waals surface area contributed by atoms with Crippen LogP contribution in [-0.4, -0.2) is 38.5 Å². The minimum absolute atomic E-state index is 0.0138. The number of para-hydroxylation sites is 2. The minimum atomic E-state index is -0.163. The van der Waals surface area contributed by atoms with E-state index in [4.69, 9.17) is 4.74 Å². The fourth-order valence-electron chi connectivity index (χ4n) is 3.44. The highest BCUT2D eigenvalue weighted by atomic mass is 32.2. The van der Waals surface area contributed by atoms with Gasteiger partial charge in [-0.3, -0.25) is 9.69 Å². The molecule has 1 aliphatic carbocycles. The van der Waals surface area contributed by atoms with Crippen molar-refractivity contribution in [1.29, 1.82) is 0 Å². The number of carbonyl (C=O) groups is 1. The molecule has 1 atom stereocenters. The summed E-state index contributed by atoms with van der Waals surface area (Å²) in [7, 11) is 0. The summed E-state index contributed by atoms with van der Waals surface area (Å²) >= 11 is 1.39.